The van der Waals surface area contributed by atoms with Crippen LogP contribution in [0.5, 0.6) is 0 Å². The first-order chi connectivity index (χ1) is 16.6. The van der Waals surface area contributed by atoms with Crippen molar-refractivity contribution in [1.82, 2.24) is 0 Å². The third kappa shape index (κ3) is 7.17. The summed E-state index contributed by atoms with van der Waals surface area (Å²) in [5.41, 5.74) is 0.649. The lowest BCUT2D eigenvalue weighted by atomic mass is 9.46. The Bertz CT molecular complexity index is 608. The van der Waals surface area contributed by atoms with Crippen LogP contribution in [0, 0.1) is 62.6 Å². The molecule has 2 heteroatoms. The van der Waals surface area contributed by atoms with E-state index in [1.54, 1.807) is 0 Å². The van der Waals surface area contributed by atoms with Crippen LogP contribution in [0.15, 0.2) is 0 Å². The summed E-state index contributed by atoms with van der Waals surface area (Å²) in [6, 6.07) is 0. The van der Waals surface area contributed by atoms with E-state index in [2.05, 4.69) is 96.9 Å². The van der Waals surface area contributed by atoms with Crippen LogP contribution < -0.4 is 0 Å². The highest BCUT2D eigenvalue weighted by atomic mass is 16.3. The number of aliphatic hydroxyl groups is 2. The minimum Gasteiger partial charge on any atom is -0.393 e. The normalized spacial score (nSPS) is 36.3. The second-order valence-corrected chi connectivity index (χ2v) is 17.9. The summed E-state index contributed by atoms with van der Waals surface area (Å²) in [6.45, 7) is 33.0. The van der Waals surface area contributed by atoms with Gasteiger partial charge in [0.1, 0.15) is 0 Å². The lowest BCUT2D eigenvalue weighted by Gasteiger charge is -2.59. The fraction of sp³-hybridized carbons (Fsp3) is 1.00. The van der Waals surface area contributed by atoms with Crippen molar-refractivity contribution in [1.29, 1.82) is 0 Å². The largest absolute Gasteiger partial charge is 0.393 e. The minimum atomic E-state index is -0.227. The highest BCUT2D eigenvalue weighted by Crippen LogP contribution is 2.62. The van der Waals surface area contributed by atoms with Gasteiger partial charge in [-0.15, -0.1) is 0 Å². The molecule has 0 spiro atoms. The molecular weight excluding hydrogens is 452 g/mol. The molecule has 4 unspecified atom stereocenters. The summed E-state index contributed by atoms with van der Waals surface area (Å²) in [6.07, 6.45) is 9.17. The first-order valence-corrected chi connectivity index (χ1v) is 16.0. The molecule has 0 aliphatic heterocycles. The zero-order valence-corrected chi connectivity index (χ0v) is 27.7. The third-order valence-corrected chi connectivity index (χ3v) is 11.5. The van der Waals surface area contributed by atoms with E-state index in [9.17, 15) is 10.2 Å². The summed E-state index contributed by atoms with van der Waals surface area (Å²) in [5.74, 6) is 2.57. The molecule has 0 aromatic carbocycles. The van der Waals surface area contributed by atoms with Crippen LogP contribution >= 0.6 is 0 Å². The van der Waals surface area contributed by atoms with Crippen LogP contribution in [0.3, 0.4) is 0 Å². The summed E-state index contributed by atoms with van der Waals surface area (Å²) in [4.78, 5) is 0. The van der Waals surface area contributed by atoms with Crippen LogP contribution in [0.2, 0.25) is 0 Å². The predicted molar refractivity (Wildman–Crippen MR) is 161 cm³/mol. The van der Waals surface area contributed by atoms with E-state index < -0.39 is 0 Å². The monoisotopic (exact) mass is 521 g/mol. The van der Waals surface area contributed by atoms with Crippen LogP contribution in [0.4, 0.5) is 0 Å². The summed E-state index contributed by atoms with van der Waals surface area (Å²) >= 11 is 0. The van der Waals surface area contributed by atoms with E-state index >= 15 is 0 Å². The van der Waals surface area contributed by atoms with Crippen LogP contribution in [0.1, 0.15) is 148 Å². The molecule has 2 saturated carbocycles. The van der Waals surface area contributed by atoms with Crippen LogP contribution in [0.25, 0.3) is 0 Å². The summed E-state index contributed by atoms with van der Waals surface area (Å²) < 4.78 is 0. The van der Waals surface area contributed by atoms with Gasteiger partial charge in [0.05, 0.1) is 12.2 Å². The molecule has 37 heavy (non-hydrogen) atoms. The Kier molecular flexibility index (Phi) is 10.2. The van der Waals surface area contributed by atoms with Gasteiger partial charge in [-0.3, -0.25) is 0 Å². The molecule has 2 rings (SSSR count). The fourth-order valence-corrected chi connectivity index (χ4v) is 8.94. The first kappa shape index (κ1) is 33.1. The van der Waals surface area contributed by atoms with E-state index in [-0.39, 0.29) is 39.3 Å². The Morgan fingerprint density at radius 2 is 0.784 bits per heavy atom. The van der Waals surface area contributed by atoms with Gasteiger partial charge in [0.25, 0.3) is 0 Å². The fourth-order valence-electron chi connectivity index (χ4n) is 8.94. The standard InChI is InChI=1S/C35H68O2/c1-15-17-18-35(16-2,23-19-25(31(3,4)5)29(36)26(20-23)32(6,7)8)24-21-27(33(9,10)11)30(37)28(22-24)34(12,13)14/h23-30,36-37H,15-22H2,1-14H3. The summed E-state index contributed by atoms with van der Waals surface area (Å²) in [7, 11) is 0. The van der Waals surface area contributed by atoms with E-state index in [1.165, 1.54) is 25.7 Å². The maximum absolute atomic E-state index is 11.7. The molecule has 4 atom stereocenters. The Hall–Kier alpha value is -0.0800. The van der Waals surface area contributed by atoms with Crippen molar-refractivity contribution < 1.29 is 10.2 Å². The van der Waals surface area contributed by atoms with Crippen molar-refractivity contribution in [2.75, 3.05) is 0 Å². The van der Waals surface area contributed by atoms with Gasteiger partial charge >= 0.3 is 0 Å². The van der Waals surface area contributed by atoms with E-state index in [0.717, 1.165) is 25.7 Å². The van der Waals surface area contributed by atoms with Gasteiger partial charge in [0.15, 0.2) is 0 Å². The third-order valence-electron chi connectivity index (χ3n) is 11.5. The molecule has 2 fully saturated rings. The van der Waals surface area contributed by atoms with Crippen molar-refractivity contribution in [2.24, 2.45) is 62.6 Å². The molecule has 0 aromatic heterocycles. The van der Waals surface area contributed by atoms with E-state index in [4.69, 9.17) is 0 Å². The highest BCUT2D eigenvalue weighted by Gasteiger charge is 2.56. The number of rotatable bonds is 6. The predicted octanol–water partition coefficient (Wildman–Crippen LogP) is 9.76. The van der Waals surface area contributed by atoms with Crippen molar-refractivity contribution in [3.05, 3.63) is 0 Å². The molecule has 0 aromatic rings. The van der Waals surface area contributed by atoms with Crippen LogP contribution in [-0.4, -0.2) is 22.4 Å². The smallest absolute Gasteiger partial charge is 0.0606 e. The Labute approximate surface area is 233 Å². The second-order valence-electron chi connectivity index (χ2n) is 17.9. The molecule has 0 heterocycles. The van der Waals surface area contributed by atoms with E-state index in [0.29, 0.717) is 35.5 Å². The van der Waals surface area contributed by atoms with Crippen molar-refractivity contribution >= 4 is 0 Å². The molecule has 0 radical (unpaired) electrons. The van der Waals surface area contributed by atoms with Crippen molar-refractivity contribution in [3.8, 4) is 0 Å². The first-order valence-electron chi connectivity index (χ1n) is 16.0. The average Bonchev–Trinajstić information content (AvgIpc) is 2.72. The molecule has 2 N–H and O–H groups in total. The molecule has 2 aliphatic carbocycles. The molecule has 2 aliphatic rings. The SMILES string of the molecule is CCCCC(CC)(C1CC(C(C)(C)C)C(O)C(C(C)(C)C)C1)C1CC(C(C)(C)C)C(O)C(C(C)(C)C)C1. The Morgan fingerprint density at radius 1 is 0.514 bits per heavy atom. The number of hydrogen-bond donors (Lipinski definition) is 2. The van der Waals surface area contributed by atoms with Crippen molar-refractivity contribution in [2.45, 2.75) is 161 Å². The Balaban J connectivity index is 2.67. The lowest BCUT2D eigenvalue weighted by molar-refractivity contribution is -0.148. The molecule has 0 saturated heterocycles. The van der Waals surface area contributed by atoms with Gasteiger partial charge in [0.2, 0.25) is 0 Å². The molecular formula is C35H68O2. The molecule has 0 bridgehead atoms. The van der Waals surface area contributed by atoms with Gasteiger partial charge in [-0.2, -0.15) is 0 Å². The highest BCUT2D eigenvalue weighted by molar-refractivity contribution is 5.06. The molecule has 0 amide bonds. The van der Waals surface area contributed by atoms with E-state index in [1.807, 2.05) is 0 Å². The van der Waals surface area contributed by atoms with Gasteiger partial charge < -0.3 is 10.2 Å². The molecule has 220 valence electrons. The molecule has 2 nitrogen and oxygen atoms in total. The second kappa shape index (κ2) is 11.4. The minimum absolute atomic E-state index is 0.0937. The zero-order valence-electron chi connectivity index (χ0n) is 27.7. The van der Waals surface area contributed by atoms with Gasteiger partial charge in [-0.25, -0.2) is 0 Å². The van der Waals surface area contributed by atoms with Crippen LogP contribution in [-0.2, 0) is 0 Å². The zero-order chi connectivity index (χ0) is 28.8. The van der Waals surface area contributed by atoms with Crippen molar-refractivity contribution in [3.63, 3.8) is 0 Å². The quantitative estimate of drug-likeness (QED) is 0.366. The number of unbranched alkanes of at least 4 members (excludes halogenated alkanes) is 1. The van der Waals surface area contributed by atoms with Gasteiger partial charge in [-0.1, -0.05) is 110 Å². The summed E-state index contributed by atoms with van der Waals surface area (Å²) in [5, 5.41) is 23.5. The van der Waals surface area contributed by atoms with Gasteiger partial charge in [0, 0.05) is 0 Å². The average molecular weight is 521 g/mol. The Morgan fingerprint density at radius 3 is 0.973 bits per heavy atom. The topological polar surface area (TPSA) is 40.5 Å². The number of hydrogen-bond acceptors (Lipinski definition) is 2. The lowest BCUT2D eigenvalue weighted by Crippen LogP contribution is -2.55. The maximum atomic E-state index is 11.7. The maximum Gasteiger partial charge on any atom is 0.0606 e. The number of aliphatic hydroxyl groups excluding tert-OH is 2. The van der Waals surface area contributed by atoms with Gasteiger partial charge in [-0.05, 0) is 101 Å².